The van der Waals surface area contributed by atoms with Gasteiger partial charge in [-0.15, -0.1) is 0 Å². The van der Waals surface area contributed by atoms with Gasteiger partial charge in [-0.1, -0.05) is 0 Å². The summed E-state index contributed by atoms with van der Waals surface area (Å²) in [5.41, 5.74) is 6.46. The van der Waals surface area contributed by atoms with E-state index in [4.69, 9.17) is 15.3 Å². The summed E-state index contributed by atoms with van der Waals surface area (Å²) in [6.45, 7) is 0. The van der Waals surface area contributed by atoms with E-state index >= 15 is 0 Å². The average molecular weight is 260 g/mol. The standard InChI is InChI=1S/C13H12N2O4/c1-15(12(16)8-4-5-19-7-8)11-3-2-9(14)6-10(11)13(17)18/h2-7H,14H2,1H3,(H,17,18). The van der Waals surface area contributed by atoms with Gasteiger partial charge in [0, 0.05) is 12.7 Å². The molecule has 0 bridgehead atoms. The number of hydrogen-bond acceptors (Lipinski definition) is 4. The number of anilines is 2. The van der Waals surface area contributed by atoms with Crippen LogP contribution in [0.3, 0.4) is 0 Å². The van der Waals surface area contributed by atoms with E-state index in [1.54, 1.807) is 6.07 Å². The van der Waals surface area contributed by atoms with Crippen molar-refractivity contribution in [3.63, 3.8) is 0 Å². The lowest BCUT2D eigenvalue weighted by Crippen LogP contribution is -2.27. The molecule has 0 aliphatic heterocycles. The first-order valence-electron chi connectivity index (χ1n) is 5.44. The molecule has 0 spiro atoms. The molecule has 0 radical (unpaired) electrons. The number of furan rings is 1. The fourth-order valence-electron chi connectivity index (χ4n) is 1.71. The highest BCUT2D eigenvalue weighted by Crippen LogP contribution is 2.23. The van der Waals surface area contributed by atoms with E-state index in [-0.39, 0.29) is 17.2 Å². The molecule has 0 unspecified atom stereocenters. The summed E-state index contributed by atoms with van der Waals surface area (Å²) in [4.78, 5) is 24.5. The van der Waals surface area contributed by atoms with Gasteiger partial charge in [0.2, 0.25) is 0 Å². The summed E-state index contributed by atoms with van der Waals surface area (Å²) in [6.07, 6.45) is 2.68. The third-order valence-corrected chi connectivity index (χ3v) is 2.69. The SMILES string of the molecule is CN(C(=O)c1ccoc1)c1ccc(N)cc1C(=O)O. The molecule has 6 heteroatoms. The molecule has 0 saturated carbocycles. The van der Waals surface area contributed by atoms with Crippen LogP contribution in [0.15, 0.2) is 41.2 Å². The molecule has 2 aromatic rings. The lowest BCUT2D eigenvalue weighted by atomic mass is 10.1. The Kier molecular flexibility index (Phi) is 3.24. The third-order valence-electron chi connectivity index (χ3n) is 2.69. The molecular weight excluding hydrogens is 248 g/mol. The Morgan fingerprint density at radius 1 is 1.32 bits per heavy atom. The average Bonchev–Trinajstić information content (AvgIpc) is 2.90. The van der Waals surface area contributed by atoms with E-state index in [1.165, 1.54) is 42.7 Å². The van der Waals surface area contributed by atoms with Crippen LogP contribution in [0.5, 0.6) is 0 Å². The van der Waals surface area contributed by atoms with E-state index in [9.17, 15) is 9.59 Å². The van der Waals surface area contributed by atoms with Crippen LogP contribution < -0.4 is 10.6 Å². The maximum absolute atomic E-state index is 12.1. The molecule has 1 aromatic heterocycles. The lowest BCUT2D eigenvalue weighted by molar-refractivity contribution is 0.0698. The minimum atomic E-state index is -1.14. The number of hydrogen-bond donors (Lipinski definition) is 2. The molecule has 2 rings (SSSR count). The second kappa shape index (κ2) is 4.85. The molecule has 1 heterocycles. The van der Waals surface area contributed by atoms with E-state index in [0.29, 0.717) is 11.3 Å². The summed E-state index contributed by atoms with van der Waals surface area (Å²) in [7, 11) is 1.49. The number of nitrogens with two attached hydrogens (primary N) is 1. The van der Waals surface area contributed by atoms with Crippen LogP contribution in [0, 0.1) is 0 Å². The first-order chi connectivity index (χ1) is 9.00. The van der Waals surface area contributed by atoms with Gasteiger partial charge in [-0.05, 0) is 24.3 Å². The third kappa shape index (κ3) is 2.42. The van der Waals surface area contributed by atoms with E-state index in [0.717, 1.165) is 0 Å². The largest absolute Gasteiger partial charge is 0.478 e. The Morgan fingerprint density at radius 2 is 2.05 bits per heavy atom. The van der Waals surface area contributed by atoms with Crippen LogP contribution in [-0.2, 0) is 0 Å². The fraction of sp³-hybridized carbons (Fsp3) is 0.0769. The van der Waals surface area contributed by atoms with E-state index < -0.39 is 5.97 Å². The van der Waals surface area contributed by atoms with Crippen molar-refractivity contribution < 1.29 is 19.1 Å². The normalized spacial score (nSPS) is 10.2. The van der Waals surface area contributed by atoms with E-state index in [2.05, 4.69) is 0 Å². The number of nitrogen functional groups attached to an aromatic ring is 1. The van der Waals surface area contributed by atoms with Crippen LogP contribution in [0.25, 0.3) is 0 Å². The number of carboxylic acid groups (broad SMARTS) is 1. The van der Waals surface area contributed by atoms with Gasteiger partial charge in [-0.3, -0.25) is 4.79 Å². The number of amides is 1. The second-order valence-electron chi connectivity index (χ2n) is 3.96. The molecular formula is C13H12N2O4. The van der Waals surface area contributed by atoms with Crippen molar-refractivity contribution in [2.24, 2.45) is 0 Å². The van der Waals surface area contributed by atoms with Gasteiger partial charge >= 0.3 is 5.97 Å². The Balaban J connectivity index is 2.41. The summed E-state index contributed by atoms with van der Waals surface area (Å²) in [5.74, 6) is -1.50. The smallest absolute Gasteiger partial charge is 0.337 e. The van der Waals surface area contributed by atoms with Crippen LogP contribution in [-0.4, -0.2) is 24.0 Å². The highest BCUT2D eigenvalue weighted by molar-refractivity contribution is 6.09. The summed E-state index contributed by atoms with van der Waals surface area (Å²) >= 11 is 0. The molecule has 19 heavy (non-hydrogen) atoms. The Morgan fingerprint density at radius 3 is 2.63 bits per heavy atom. The molecule has 3 N–H and O–H groups in total. The predicted molar refractivity (Wildman–Crippen MR) is 69.3 cm³/mol. The number of carbonyl (C=O) groups excluding carboxylic acids is 1. The molecule has 1 amide bonds. The van der Waals surface area contributed by atoms with Crippen molar-refractivity contribution in [3.05, 3.63) is 47.9 Å². The van der Waals surface area contributed by atoms with Crippen molar-refractivity contribution in [3.8, 4) is 0 Å². The van der Waals surface area contributed by atoms with Gasteiger partial charge in [0.25, 0.3) is 5.91 Å². The van der Waals surface area contributed by atoms with Crippen molar-refractivity contribution in [1.29, 1.82) is 0 Å². The van der Waals surface area contributed by atoms with Crippen molar-refractivity contribution in [1.82, 2.24) is 0 Å². The second-order valence-corrected chi connectivity index (χ2v) is 3.96. The number of aromatic carboxylic acids is 1. The number of nitrogens with zero attached hydrogens (tertiary/aromatic N) is 1. The number of carboxylic acids is 1. The maximum atomic E-state index is 12.1. The number of benzene rings is 1. The van der Waals surface area contributed by atoms with Gasteiger partial charge in [0.1, 0.15) is 6.26 Å². The molecule has 0 fully saturated rings. The predicted octanol–water partition coefficient (Wildman–Crippen LogP) is 1.84. The number of carbonyl (C=O) groups is 2. The van der Waals surface area contributed by atoms with Crippen molar-refractivity contribution in [2.45, 2.75) is 0 Å². The highest BCUT2D eigenvalue weighted by atomic mass is 16.4. The van der Waals surface area contributed by atoms with Gasteiger partial charge in [0.15, 0.2) is 0 Å². The zero-order chi connectivity index (χ0) is 14.0. The monoisotopic (exact) mass is 260 g/mol. The molecule has 0 aliphatic rings. The molecule has 0 aliphatic carbocycles. The van der Waals surface area contributed by atoms with Crippen LogP contribution in [0.4, 0.5) is 11.4 Å². The van der Waals surface area contributed by atoms with Crippen LogP contribution in [0.2, 0.25) is 0 Å². The molecule has 6 nitrogen and oxygen atoms in total. The minimum Gasteiger partial charge on any atom is -0.478 e. The fourth-order valence-corrected chi connectivity index (χ4v) is 1.71. The van der Waals surface area contributed by atoms with Gasteiger partial charge in [-0.2, -0.15) is 0 Å². The molecule has 98 valence electrons. The number of rotatable bonds is 3. The van der Waals surface area contributed by atoms with Crippen molar-refractivity contribution in [2.75, 3.05) is 17.7 Å². The van der Waals surface area contributed by atoms with Crippen molar-refractivity contribution >= 4 is 23.3 Å². The summed E-state index contributed by atoms with van der Waals surface area (Å²) in [5, 5.41) is 9.14. The summed E-state index contributed by atoms with van der Waals surface area (Å²) in [6, 6.07) is 5.87. The topological polar surface area (TPSA) is 96.8 Å². The Bertz CT molecular complexity index is 620. The van der Waals surface area contributed by atoms with E-state index in [1.807, 2.05) is 0 Å². The zero-order valence-electron chi connectivity index (χ0n) is 10.2. The maximum Gasteiger partial charge on any atom is 0.337 e. The van der Waals surface area contributed by atoms with Crippen LogP contribution in [0.1, 0.15) is 20.7 Å². The molecule has 1 aromatic carbocycles. The minimum absolute atomic E-state index is 0.0284. The van der Waals surface area contributed by atoms with Crippen LogP contribution >= 0.6 is 0 Å². The molecule has 0 atom stereocenters. The van der Waals surface area contributed by atoms with Gasteiger partial charge in [0.05, 0.1) is 23.1 Å². The summed E-state index contributed by atoms with van der Waals surface area (Å²) < 4.78 is 4.83. The van der Waals surface area contributed by atoms with Gasteiger partial charge in [-0.25, -0.2) is 4.79 Å². The molecule has 0 saturated heterocycles. The zero-order valence-corrected chi connectivity index (χ0v) is 10.2. The first-order valence-corrected chi connectivity index (χ1v) is 5.44. The Labute approximate surface area is 109 Å². The highest BCUT2D eigenvalue weighted by Gasteiger charge is 2.20. The first kappa shape index (κ1) is 12.7. The van der Waals surface area contributed by atoms with Gasteiger partial charge < -0.3 is 20.2 Å². The lowest BCUT2D eigenvalue weighted by Gasteiger charge is -2.18. The Hall–Kier alpha value is -2.76. The quantitative estimate of drug-likeness (QED) is 0.820.